The van der Waals surface area contributed by atoms with E-state index in [2.05, 4.69) is 26.6 Å². The lowest BCUT2D eigenvalue weighted by atomic mass is 10.0. The second-order valence-corrected chi connectivity index (χ2v) is 4.89. The monoisotopic (exact) mass is 316 g/mol. The molecule has 0 aromatic heterocycles. The molecule has 0 atom stereocenters. The fraction of sp³-hybridized carbons (Fsp3) is 0.250. The molecule has 0 saturated carbocycles. The highest BCUT2D eigenvalue weighted by Crippen LogP contribution is 2.24. The van der Waals surface area contributed by atoms with Gasteiger partial charge in [-0.25, -0.2) is 8.78 Å². The zero-order chi connectivity index (χ0) is 13.3. The van der Waals surface area contributed by atoms with Gasteiger partial charge in [0.05, 0.1) is 10.2 Å². The molecule has 1 heterocycles. The molecule has 3 nitrogen and oxygen atoms in total. The zero-order valence-electron chi connectivity index (χ0n) is 9.61. The number of carbonyl (C=O) groups is 1. The zero-order valence-corrected chi connectivity index (χ0v) is 11.2. The van der Waals surface area contributed by atoms with E-state index >= 15 is 0 Å². The summed E-state index contributed by atoms with van der Waals surface area (Å²) in [6.07, 6.45) is 0. The lowest BCUT2D eigenvalue weighted by Crippen LogP contribution is -2.36. The molecule has 1 saturated heterocycles. The van der Waals surface area contributed by atoms with E-state index in [9.17, 15) is 13.6 Å². The summed E-state index contributed by atoms with van der Waals surface area (Å²) in [4.78, 5) is 11.8. The summed E-state index contributed by atoms with van der Waals surface area (Å²) >= 11 is 2.95. The lowest BCUT2D eigenvalue weighted by molar-refractivity contribution is -0.112. The second-order valence-electron chi connectivity index (χ2n) is 4.03. The van der Waals surface area contributed by atoms with Crippen molar-refractivity contribution >= 4 is 27.5 Å². The van der Waals surface area contributed by atoms with E-state index in [0.29, 0.717) is 18.7 Å². The van der Waals surface area contributed by atoms with Crippen molar-refractivity contribution in [2.75, 3.05) is 18.4 Å². The van der Waals surface area contributed by atoms with Crippen LogP contribution >= 0.6 is 15.9 Å². The number of nitrogens with one attached hydrogen (secondary N) is 2. The predicted octanol–water partition coefficient (Wildman–Crippen LogP) is 2.59. The van der Waals surface area contributed by atoms with E-state index in [1.165, 1.54) is 6.07 Å². The van der Waals surface area contributed by atoms with Gasteiger partial charge in [-0.05, 0) is 34.5 Å². The van der Waals surface area contributed by atoms with Crippen LogP contribution in [0.4, 0.5) is 14.5 Å². The normalized spacial score (nSPS) is 14.1. The van der Waals surface area contributed by atoms with Crippen molar-refractivity contribution in [1.82, 2.24) is 5.32 Å². The Hall–Kier alpha value is -1.27. The smallest absolute Gasteiger partial charge is 0.251 e. The Morgan fingerprint density at radius 1 is 1.33 bits per heavy atom. The van der Waals surface area contributed by atoms with Gasteiger partial charge in [0.1, 0.15) is 11.6 Å². The van der Waals surface area contributed by atoms with E-state index < -0.39 is 11.6 Å². The van der Waals surface area contributed by atoms with Gasteiger partial charge >= 0.3 is 0 Å². The molecule has 1 fully saturated rings. The molecule has 18 heavy (non-hydrogen) atoms. The summed E-state index contributed by atoms with van der Waals surface area (Å²) in [6, 6.07) is 1.94. The van der Waals surface area contributed by atoms with Crippen LogP contribution in [0.5, 0.6) is 0 Å². The maximum absolute atomic E-state index is 13.4. The van der Waals surface area contributed by atoms with Crippen LogP contribution in [0, 0.1) is 11.6 Å². The summed E-state index contributed by atoms with van der Waals surface area (Å²) in [5.41, 5.74) is 1.52. The third kappa shape index (κ3) is 2.59. The fourth-order valence-electron chi connectivity index (χ4n) is 1.51. The summed E-state index contributed by atoms with van der Waals surface area (Å²) < 4.78 is 26.6. The van der Waals surface area contributed by atoms with Crippen molar-refractivity contribution in [1.29, 1.82) is 0 Å². The summed E-state index contributed by atoms with van der Waals surface area (Å²) in [7, 11) is 0. The number of carbonyl (C=O) groups excluding carboxylic acids is 1. The Bertz CT molecular complexity index is 537. The number of halogens is 3. The lowest BCUT2D eigenvalue weighted by Gasteiger charge is -2.21. The highest BCUT2D eigenvalue weighted by molar-refractivity contribution is 9.10. The van der Waals surface area contributed by atoms with E-state index in [-0.39, 0.29) is 16.1 Å². The van der Waals surface area contributed by atoms with E-state index in [1.807, 2.05) is 0 Å². The maximum Gasteiger partial charge on any atom is 0.251 e. The molecule has 96 valence electrons. The number of hydrogen-bond donors (Lipinski definition) is 2. The van der Waals surface area contributed by atoms with Crippen LogP contribution in [-0.4, -0.2) is 19.0 Å². The molecule has 0 aliphatic carbocycles. The molecule has 0 radical (unpaired) electrons. The standard InChI is InChI=1S/C12H11BrF2N2O/c1-6(7-4-16-5-7)12(18)17-11-2-8(13)9(14)3-10(11)15/h2-3,16H,4-5H2,1H3,(H,17,18). The minimum atomic E-state index is -0.798. The van der Waals surface area contributed by atoms with E-state index in [4.69, 9.17) is 0 Å². The van der Waals surface area contributed by atoms with Gasteiger partial charge in [0, 0.05) is 24.7 Å². The molecular formula is C12H11BrF2N2O. The first-order valence-corrected chi connectivity index (χ1v) is 6.13. The fourth-order valence-corrected chi connectivity index (χ4v) is 1.85. The molecule has 6 heteroatoms. The Morgan fingerprint density at radius 3 is 2.56 bits per heavy atom. The minimum Gasteiger partial charge on any atom is -0.320 e. The Morgan fingerprint density at radius 2 is 2.00 bits per heavy atom. The molecule has 1 amide bonds. The van der Waals surface area contributed by atoms with Crippen LogP contribution in [0.15, 0.2) is 27.8 Å². The van der Waals surface area contributed by atoms with Crippen molar-refractivity contribution in [3.8, 4) is 0 Å². The van der Waals surface area contributed by atoms with Gasteiger partial charge < -0.3 is 10.6 Å². The van der Waals surface area contributed by atoms with Gasteiger partial charge in [-0.15, -0.1) is 0 Å². The van der Waals surface area contributed by atoms with Crippen LogP contribution in [0.2, 0.25) is 0 Å². The topological polar surface area (TPSA) is 41.1 Å². The quantitative estimate of drug-likeness (QED) is 0.650. The average molecular weight is 317 g/mol. The third-order valence-electron chi connectivity index (χ3n) is 2.81. The summed E-state index contributed by atoms with van der Waals surface area (Å²) in [5, 5.41) is 5.45. The van der Waals surface area contributed by atoms with E-state index in [0.717, 1.165) is 11.6 Å². The van der Waals surface area contributed by atoms with Crippen LogP contribution in [-0.2, 0) is 4.79 Å². The molecule has 1 aromatic carbocycles. The number of hydrogen-bond acceptors (Lipinski definition) is 2. The first-order chi connectivity index (χ1) is 8.49. The molecule has 0 spiro atoms. The van der Waals surface area contributed by atoms with Crippen molar-refractivity contribution in [2.45, 2.75) is 6.92 Å². The number of anilines is 1. The van der Waals surface area contributed by atoms with Crippen molar-refractivity contribution in [2.24, 2.45) is 0 Å². The Kier molecular flexibility index (Phi) is 3.77. The number of amides is 1. The molecule has 2 rings (SSSR count). The van der Waals surface area contributed by atoms with Crippen LogP contribution in [0.1, 0.15) is 6.92 Å². The number of rotatable bonds is 2. The van der Waals surface area contributed by atoms with Crippen LogP contribution < -0.4 is 10.6 Å². The predicted molar refractivity (Wildman–Crippen MR) is 68.3 cm³/mol. The Balaban J connectivity index is 2.19. The molecule has 1 aromatic rings. The van der Waals surface area contributed by atoms with Crippen molar-refractivity contribution in [3.63, 3.8) is 0 Å². The number of benzene rings is 1. The molecule has 1 aliphatic heterocycles. The molecule has 2 N–H and O–H groups in total. The molecule has 0 unspecified atom stereocenters. The third-order valence-corrected chi connectivity index (χ3v) is 3.41. The summed E-state index contributed by atoms with van der Waals surface area (Å²) in [6.45, 7) is 3.03. The molecule has 1 aliphatic rings. The minimum absolute atomic E-state index is 0.0412. The molecular weight excluding hydrogens is 306 g/mol. The van der Waals surface area contributed by atoms with Crippen molar-refractivity contribution in [3.05, 3.63) is 39.4 Å². The van der Waals surface area contributed by atoms with Gasteiger partial charge in [-0.3, -0.25) is 4.79 Å². The highest BCUT2D eigenvalue weighted by Gasteiger charge is 2.17. The average Bonchev–Trinajstić information content (AvgIpc) is 2.23. The SMILES string of the molecule is CC(C(=O)Nc1cc(Br)c(F)cc1F)=C1CNC1. The van der Waals surface area contributed by atoms with Gasteiger partial charge in [0.15, 0.2) is 0 Å². The van der Waals surface area contributed by atoms with E-state index in [1.54, 1.807) is 6.92 Å². The first-order valence-electron chi connectivity index (χ1n) is 5.34. The van der Waals surface area contributed by atoms with Crippen LogP contribution in [0.25, 0.3) is 0 Å². The van der Waals surface area contributed by atoms with Gasteiger partial charge in [-0.2, -0.15) is 0 Å². The maximum atomic E-state index is 13.4. The van der Waals surface area contributed by atoms with Gasteiger partial charge in [0.2, 0.25) is 0 Å². The van der Waals surface area contributed by atoms with Crippen LogP contribution in [0.3, 0.4) is 0 Å². The molecule has 0 bridgehead atoms. The van der Waals surface area contributed by atoms with Gasteiger partial charge in [0.25, 0.3) is 5.91 Å². The largest absolute Gasteiger partial charge is 0.320 e. The second kappa shape index (κ2) is 5.16. The first kappa shape index (κ1) is 13.2. The Labute approximate surface area is 111 Å². The summed E-state index contributed by atoms with van der Waals surface area (Å²) in [5.74, 6) is -1.87. The van der Waals surface area contributed by atoms with Gasteiger partial charge in [-0.1, -0.05) is 0 Å². The van der Waals surface area contributed by atoms with Crippen molar-refractivity contribution < 1.29 is 13.6 Å². The highest BCUT2D eigenvalue weighted by atomic mass is 79.9.